The van der Waals surface area contributed by atoms with Gasteiger partial charge in [-0.25, -0.2) is 0 Å². The van der Waals surface area contributed by atoms with Crippen LogP contribution >= 0.6 is 12.4 Å². The van der Waals surface area contributed by atoms with E-state index in [4.69, 9.17) is 18.9 Å². The van der Waals surface area contributed by atoms with Crippen LogP contribution in [0.25, 0.3) is 0 Å². The van der Waals surface area contributed by atoms with Gasteiger partial charge in [0.2, 0.25) is 0 Å². The molecule has 0 saturated heterocycles. The number of halogens is 1. The molecule has 0 spiro atoms. The molecule has 178 valence electrons. The van der Waals surface area contributed by atoms with E-state index >= 15 is 0 Å². The molecule has 0 aromatic heterocycles. The van der Waals surface area contributed by atoms with Crippen molar-refractivity contribution < 1.29 is 18.9 Å². The lowest BCUT2D eigenvalue weighted by molar-refractivity contribution is 0.313. The molecule has 1 fully saturated rings. The minimum atomic E-state index is -0.494. The average Bonchev–Trinajstić information content (AvgIpc) is 2.87. The van der Waals surface area contributed by atoms with Gasteiger partial charge in [-0.05, 0) is 67.9 Å². The number of nitrogens with zero attached hydrogens (tertiary/aromatic N) is 2. The zero-order valence-corrected chi connectivity index (χ0v) is 20.7. The van der Waals surface area contributed by atoms with Gasteiger partial charge in [-0.1, -0.05) is 6.07 Å². The molecule has 33 heavy (non-hydrogen) atoms. The lowest BCUT2D eigenvalue weighted by Crippen LogP contribution is -2.44. The normalized spacial score (nSPS) is 21.8. The standard InChI is InChI=1S/C26H32N2O4.ClH/c1-29-22-8-7-19(15-24(22)31-3)26(17-27)11-9-20(10-12-26)28-13-5-6-18-14-23(30-2)25(32-4)16-21(18)28;/h7-8,14-16,20H,5-6,9-13H2,1-4H3;1H. The Labute approximate surface area is 202 Å². The topological polar surface area (TPSA) is 64.0 Å². The first-order valence-corrected chi connectivity index (χ1v) is 11.2. The van der Waals surface area contributed by atoms with Gasteiger partial charge in [0.05, 0.1) is 39.9 Å². The molecule has 0 atom stereocenters. The summed E-state index contributed by atoms with van der Waals surface area (Å²) in [4.78, 5) is 2.52. The van der Waals surface area contributed by atoms with Gasteiger partial charge in [0.1, 0.15) is 0 Å². The Hall–Kier alpha value is -2.78. The summed E-state index contributed by atoms with van der Waals surface area (Å²) in [5, 5.41) is 10.2. The summed E-state index contributed by atoms with van der Waals surface area (Å²) in [6.07, 6.45) is 5.75. The van der Waals surface area contributed by atoms with Crippen LogP contribution in [0.15, 0.2) is 30.3 Å². The summed E-state index contributed by atoms with van der Waals surface area (Å²) < 4.78 is 21.9. The van der Waals surface area contributed by atoms with Crippen molar-refractivity contribution in [2.75, 3.05) is 39.9 Å². The van der Waals surface area contributed by atoms with Crippen molar-refractivity contribution in [1.82, 2.24) is 0 Å². The second-order valence-electron chi connectivity index (χ2n) is 8.63. The van der Waals surface area contributed by atoms with E-state index in [0.717, 1.165) is 62.1 Å². The fraction of sp³-hybridized carbons (Fsp3) is 0.500. The molecule has 1 aliphatic carbocycles. The lowest BCUT2D eigenvalue weighted by atomic mass is 9.68. The molecule has 0 unspecified atom stereocenters. The van der Waals surface area contributed by atoms with Gasteiger partial charge in [-0.3, -0.25) is 0 Å². The van der Waals surface area contributed by atoms with Gasteiger partial charge in [0.25, 0.3) is 0 Å². The molecule has 0 radical (unpaired) electrons. The number of ether oxygens (including phenoxy) is 4. The largest absolute Gasteiger partial charge is 0.493 e. The molecular weight excluding hydrogens is 440 g/mol. The van der Waals surface area contributed by atoms with E-state index in [1.165, 1.54) is 11.3 Å². The predicted molar refractivity (Wildman–Crippen MR) is 132 cm³/mol. The molecule has 2 aromatic rings. The molecule has 6 nitrogen and oxygen atoms in total. The van der Waals surface area contributed by atoms with E-state index in [-0.39, 0.29) is 12.4 Å². The van der Waals surface area contributed by atoms with Crippen molar-refractivity contribution in [1.29, 1.82) is 5.26 Å². The van der Waals surface area contributed by atoms with Crippen LogP contribution in [-0.4, -0.2) is 41.0 Å². The number of aryl methyl sites for hydroxylation is 1. The van der Waals surface area contributed by atoms with Crippen molar-refractivity contribution in [3.8, 4) is 29.1 Å². The Bertz CT molecular complexity index is 1010. The van der Waals surface area contributed by atoms with Crippen molar-refractivity contribution in [2.24, 2.45) is 0 Å². The van der Waals surface area contributed by atoms with E-state index in [9.17, 15) is 5.26 Å². The zero-order valence-electron chi connectivity index (χ0n) is 19.8. The maximum atomic E-state index is 10.2. The van der Waals surface area contributed by atoms with Crippen LogP contribution in [0, 0.1) is 11.3 Å². The van der Waals surface area contributed by atoms with Crippen LogP contribution in [0.2, 0.25) is 0 Å². The highest BCUT2D eigenvalue weighted by Gasteiger charge is 2.40. The third-order valence-electron chi connectivity index (χ3n) is 7.14. The zero-order chi connectivity index (χ0) is 22.7. The first-order chi connectivity index (χ1) is 15.6. The van der Waals surface area contributed by atoms with Gasteiger partial charge >= 0.3 is 0 Å². The Morgan fingerprint density at radius 1 is 0.879 bits per heavy atom. The number of fused-ring (bicyclic) bond motifs is 1. The van der Waals surface area contributed by atoms with Gasteiger partial charge < -0.3 is 23.8 Å². The van der Waals surface area contributed by atoms with Gasteiger partial charge in [-0.15, -0.1) is 12.4 Å². The summed E-state index contributed by atoms with van der Waals surface area (Å²) in [6.45, 7) is 1.03. The van der Waals surface area contributed by atoms with Crippen molar-refractivity contribution in [3.05, 3.63) is 41.5 Å². The number of benzene rings is 2. The predicted octanol–water partition coefficient (Wildman–Crippen LogP) is 5.30. The minimum absolute atomic E-state index is 0. The van der Waals surface area contributed by atoms with E-state index in [2.05, 4.69) is 23.1 Å². The second-order valence-corrected chi connectivity index (χ2v) is 8.63. The summed E-state index contributed by atoms with van der Waals surface area (Å²) in [7, 11) is 6.63. The number of rotatable bonds is 6. The summed E-state index contributed by atoms with van der Waals surface area (Å²) in [5.41, 5.74) is 3.08. The van der Waals surface area contributed by atoms with Crippen LogP contribution in [0.4, 0.5) is 5.69 Å². The maximum absolute atomic E-state index is 10.2. The van der Waals surface area contributed by atoms with Crippen LogP contribution in [-0.2, 0) is 11.8 Å². The number of nitriles is 1. The molecule has 0 amide bonds. The highest BCUT2D eigenvalue weighted by Crippen LogP contribution is 2.45. The van der Waals surface area contributed by atoms with Crippen LogP contribution in [0.1, 0.15) is 43.2 Å². The molecule has 1 aliphatic heterocycles. The fourth-order valence-electron chi connectivity index (χ4n) is 5.32. The Balaban J connectivity index is 0.00000306. The Kier molecular flexibility index (Phi) is 7.86. The maximum Gasteiger partial charge on any atom is 0.162 e. The second kappa shape index (κ2) is 10.4. The highest BCUT2D eigenvalue weighted by molar-refractivity contribution is 5.85. The average molecular weight is 473 g/mol. The molecule has 2 aromatic carbocycles. The first kappa shape index (κ1) is 24.9. The minimum Gasteiger partial charge on any atom is -0.493 e. The van der Waals surface area contributed by atoms with Crippen molar-refractivity contribution >= 4 is 18.1 Å². The number of hydrogen-bond acceptors (Lipinski definition) is 6. The van der Waals surface area contributed by atoms with Crippen LogP contribution in [0.5, 0.6) is 23.0 Å². The van der Waals surface area contributed by atoms with Crippen molar-refractivity contribution in [3.63, 3.8) is 0 Å². The van der Waals surface area contributed by atoms with Gasteiger partial charge in [-0.2, -0.15) is 5.26 Å². The Morgan fingerprint density at radius 3 is 2.09 bits per heavy atom. The van der Waals surface area contributed by atoms with E-state index in [1.807, 2.05) is 18.2 Å². The smallest absolute Gasteiger partial charge is 0.162 e. The summed E-state index contributed by atoms with van der Waals surface area (Å²) in [6, 6.07) is 13.2. The van der Waals surface area contributed by atoms with E-state index < -0.39 is 5.41 Å². The molecule has 1 heterocycles. The first-order valence-electron chi connectivity index (χ1n) is 11.2. The van der Waals surface area contributed by atoms with E-state index in [1.54, 1.807) is 28.4 Å². The molecule has 7 heteroatoms. The number of methoxy groups -OCH3 is 4. The molecule has 4 rings (SSSR count). The molecule has 0 N–H and O–H groups in total. The number of anilines is 1. The van der Waals surface area contributed by atoms with Crippen molar-refractivity contribution in [2.45, 2.75) is 50.0 Å². The third-order valence-corrected chi connectivity index (χ3v) is 7.14. The monoisotopic (exact) mass is 472 g/mol. The highest BCUT2D eigenvalue weighted by atomic mass is 35.5. The SMILES string of the molecule is COc1ccc(C2(C#N)CCC(N3CCCc4cc(OC)c(OC)cc43)CC2)cc1OC.Cl. The van der Waals surface area contributed by atoms with E-state index in [0.29, 0.717) is 17.5 Å². The van der Waals surface area contributed by atoms with Gasteiger partial charge in [0.15, 0.2) is 23.0 Å². The number of hydrogen-bond donors (Lipinski definition) is 0. The molecular formula is C26H33ClN2O4. The molecule has 0 bridgehead atoms. The quantitative estimate of drug-likeness (QED) is 0.568. The summed E-state index contributed by atoms with van der Waals surface area (Å²) >= 11 is 0. The Morgan fingerprint density at radius 2 is 1.48 bits per heavy atom. The molecule has 1 saturated carbocycles. The summed E-state index contributed by atoms with van der Waals surface area (Å²) in [5.74, 6) is 2.92. The van der Waals surface area contributed by atoms with Crippen LogP contribution < -0.4 is 23.8 Å². The van der Waals surface area contributed by atoms with Crippen LogP contribution in [0.3, 0.4) is 0 Å². The molecule has 2 aliphatic rings. The fourth-order valence-corrected chi connectivity index (χ4v) is 5.32. The van der Waals surface area contributed by atoms with Gasteiger partial charge in [0, 0.05) is 24.3 Å². The third kappa shape index (κ3) is 4.52. The lowest BCUT2D eigenvalue weighted by Gasteiger charge is -2.44.